The number of aromatic nitrogens is 6. The van der Waals surface area contributed by atoms with E-state index in [1.807, 2.05) is 142 Å². The molecule has 0 bridgehead atoms. The number of hydrogen-bond donors (Lipinski definition) is 0. The maximum Gasteiger partial charge on any atom is 0.0645 e. The molecule has 0 aliphatic carbocycles. The monoisotopic (exact) mass is 491 g/mol. The van der Waals surface area contributed by atoms with Crippen molar-refractivity contribution in [1.29, 1.82) is 0 Å². The van der Waals surface area contributed by atoms with Crippen LogP contribution in [0, 0.1) is 0 Å². The van der Waals surface area contributed by atoms with Crippen LogP contribution in [-0.4, -0.2) is 29.3 Å². The van der Waals surface area contributed by atoms with E-state index >= 15 is 0 Å². The number of nitrogens with zero attached hydrogens (tertiary/aromatic N) is 6. The molecule has 6 nitrogen and oxygen atoms in total. The quantitative estimate of drug-likeness (QED) is 0.323. The molecule has 0 saturated heterocycles. The molecule has 3 heterocycles. The Balaban J connectivity index is 0.000000141. The second kappa shape index (κ2) is 13.4. The molecule has 0 aliphatic heterocycles. The summed E-state index contributed by atoms with van der Waals surface area (Å²) < 4.78 is 5.50. The van der Waals surface area contributed by atoms with Gasteiger partial charge in [-0.25, -0.2) is 14.0 Å². The second-order valence-electron chi connectivity index (χ2n) is 6.86. The van der Waals surface area contributed by atoms with Crippen LogP contribution >= 0.6 is 0 Å². The summed E-state index contributed by atoms with van der Waals surface area (Å²) >= 11 is 0. The first-order chi connectivity index (χ1) is 16.4. The first kappa shape index (κ1) is 24.4. The van der Waals surface area contributed by atoms with Gasteiger partial charge >= 0.3 is 0 Å². The first-order valence-corrected chi connectivity index (χ1v) is 10.6. The Morgan fingerprint density at radius 2 is 0.618 bits per heavy atom. The standard InChI is InChI=1S/3C9H8N2.Co/c3*1-2-5-9(6-3-1)11-8-4-7-10-11;/h3*1-8H;. The first-order valence-electron chi connectivity index (χ1n) is 10.6. The van der Waals surface area contributed by atoms with Gasteiger partial charge in [0.15, 0.2) is 0 Å². The molecule has 0 spiro atoms. The average Bonchev–Trinajstić information content (AvgIpc) is 3.70. The van der Waals surface area contributed by atoms with Gasteiger partial charge in [-0.05, 0) is 54.6 Å². The summed E-state index contributed by atoms with van der Waals surface area (Å²) in [5.41, 5.74) is 3.28. The zero-order valence-electron chi connectivity index (χ0n) is 18.4. The minimum atomic E-state index is 0. The van der Waals surface area contributed by atoms with E-state index < -0.39 is 0 Å². The van der Waals surface area contributed by atoms with Crippen LogP contribution < -0.4 is 0 Å². The third-order valence-electron chi connectivity index (χ3n) is 4.58. The summed E-state index contributed by atoms with van der Waals surface area (Å²) in [5, 5.41) is 12.3. The van der Waals surface area contributed by atoms with Gasteiger partial charge in [-0.15, -0.1) is 0 Å². The van der Waals surface area contributed by atoms with Crippen molar-refractivity contribution >= 4 is 0 Å². The number of benzene rings is 3. The Bertz CT molecular complexity index is 1100. The zero-order chi connectivity index (χ0) is 22.6. The molecule has 171 valence electrons. The summed E-state index contributed by atoms with van der Waals surface area (Å²) in [6.07, 6.45) is 11.1. The van der Waals surface area contributed by atoms with Crippen molar-refractivity contribution in [2.45, 2.75) is 0 Å². The number of hydrogen-bond acceptors (Lipinski definition) is 3. The molecule has 7 heteroatoms. The molecule has 1 radical (unpaired) electrons. The third-order valence-corrected chi connectivity index (χ3v) is 4.58. The molecule has 3 aromatic carbocycles. The van der Waals surface area contributed by atoms with E-state index in [0.29, 0.717) is 0 Å². The minimum absolute atomic E-state index is 0. The van der Waals surface area contributed by atoms with Crippen molar-refractivity contribution in [3.63, 3.8) is 0 Å². The molecule has 0 aliphatic rings. The normalized spacial score (nSPS) is 9.53. The fraction of sp³-hybridized carbons (Fsp3) is 0. The largest absolute Gasteiger partial charge is 0.241 e. The molecule has 34 heavy (non-hydrogen) atoms. The van der Waals surface area contributed by atoms with Crippen LogP contribution in [0.3, 0.4) is 0 Å². The maximum atomic E-state index is 4.10. The average molecular weight is 491 g/mol. The minimum Gasteiger partial charge on any atom is -0.241 e. The van der Waals surface area contributed by atoms with E-state index in [0.717, 1.165) is 17.1 Å². The molecule has 0 unspecified atom stereocenters. The number of rotatable bonds is 3. The van der Waals surface area contributed by atoms with Crippen molar-refractivity contribution in [2.24, 2.45) is 0 Å². The van der Waals surface area contributed by atoms with Gasteiger partial charge in [0.2, 0.25) is 0 Å². The molecule has 3 aromatic heterocycles. The van der Waals surface area contributed by atoms with Gasteiger partial charge in [0.25, 0.3) is 0 Å². The smallest absolute Gasteiger partial charge is 0.0645 e. The van der Waals surface area contributed by atoms with Crippen molar-refractivity contribution in [3.8, 4) is 17.1 Å². The van der Waals surface area contributed by atoms with Crippen molar-refractivity contribution < 1.29 is 16.8 Å². The summed E-state index contributed by atoms with van der Waals surface area (Å²) in [4.78, 5) is 0. The number of para-hydroxylation sites is 3. The van der Waals surface area contributed by atoms with Crippen LogP contribution in [0.2, 0.25) is 0 Å². The fourth-order valence-corrected chi connectivity index (χ4v) is 3.01. The predicted octanol–water partition coefficient (Wildman–Crippen LogP) is 5.61. The van der Waals surface area contributed by atoms with Crippen LogP contribution in [0.4, 0.5) is 0 Å². The van der Waals surface area contributed by atoms with E-state index in [-0.39, 0.29) is 16.8 Å². The van der Waals surface area contributed by atoms with Crippen LogP contribution in [0.5, 0.6) is 0 Å². The molecular formula is C27H24CoN6. The molecule has 6 aromatic rings. The van der Waals surface area contributed by atoms with Crippen LogP contribution in [-0.2, 0) is 16.8 Å². The Labute approximate surface area is 209 Å². The molecule has 0 saturated carbocycles. The molecule has 0 N–H and O–H groups in total. The topological polar surface area (TPSA) is 53.5 Å². The zero-order valence-corrected chi connectivity index (χ0v) is 19.4. The predicted molar refractivity (Wildman–Crippen MR) is 131 cm³/mol. The Morgan fingerprint density at radius 1 is 0.353 bits per heavy atom. The van der Waals surface area contributed by atoms with Gasteiger partial charge in [0, 0.05) is 54.0 Å². The van der Waals surface area contributed by atoms with Gasteiger partial charge in [0.05, 0.1) is 17.1 Å². The molecule has 0 amide bonds. The van der Waals surface area contributed by atoms with E-state index in [4.69, 9.17) is 0 Å². The Kier molecular flexibility index (Phi) is 9.61. The van der Waals surface area contributed by atoms with Crippen LogP contribution in [0.1, 0.15) is 0 Å². The Morgan fingerprint density at radius 3 is 0.824 bits per heavy atom. The van der Waals surface area contributed by atoms with Gasteiger partial charge in [-0.1, -0.05) is 54.6 Å². The molecule has 0 atom stereocenters. The summed E-state index contributed by atoms with van der Waals surface area (Å²) in [5.74, 6) is 0. The molecule has 0 fully saturated rings. The maximum absolute atomic E-state index is 4.10. The van der Waals surface area contributed by atoms with E-state index in [1.54, 1.807) is 18.6 Å². The van der Waals surface area contributed by atoms with Crippen molar-refractivity contribution in [3.05, 3.63) is 146 Å². The van der Waals surface area contributed by atoms with Gasteiger partial charge in [0.1, 0.15) is 0 Å². The van der Waals surface area contributed by atoms with Crippen molar-refractivity contribution in [2.75, 3.05) is 0 Å². The summed E-state index contributed by atoms with van der Waals surface area (Å²) in [6.45, 7) is 0. The second-order valence-corrected chi connectivity index (χ2v) is 6.86. The molecule has 6 rings (SSSR count). The Hall–Kier alpha value is -4.20. The van der Waals surface area contributed by atoms with Gasteiger partial charge in [-0.3, -0.25) is 0 Å². The summed E-state index contributed by atoms with van der Waals surface area (Å²) in [6, 6.07) is 35.8. The van der Waals surface area contributed by atoms with E-state index in [2.05, 4.69) is 15.3 Å². The van der Waals surface area contributed by atoms with Crippen LogP contribution in [0.15, 0.2) is 146 Å². The van der Waals surface area contributed by atoms with E-state index in [1.165, 1.54) is 0 Å². The third kappa shape index (κ3) is 7.16. The fourth-order valence-electron chi connectivity index (χ4n) is 3.01. The van der Waals surface area contributed by atoms with Gasteiger partial charge in [-0.2, -0.15) is 15.3 Å². The molecular weight excluding hydrogens is 467 g/mol. The van der Waals surface area contributed by atoms with Gasteiger partial charge < -0.3 is 0 Å². The van der Waals surface area contributed by atoms with E-state index in [9.17, 15) is 0 Å². The SMILES string of the molecule is [Co].c1ccc(-n2cccn2)cc1.c1ccc(-n2cccn2)cc1.c1ccc(-n2cccn2)cc1. The van der Waals surface area contributed by atoms with Crippen molar-refractivity contribution in [1.82, 2.24) is 29.3 Å². The van der Waals surface area contributed by atoms with Crippen LogP contribution in [0.25, 0.3) is 17.1 Å². The summed E-state index contributed by atoms with van der Waals surface area (Å²) in [7, 11) is 0.